The Morgan fingerprint density at radius 1 is 0.968 bits per heavy atom. The van der Waals surface area contributed by atoms with E-state index in [0.717, 1.165) is 19.4 Å². The third kappa shape index (κ3) is 3.76. The number of para-hydroxylation sites is 1. The molecule has 1 aliphatic rings. The SMILES string of the molecule is CCc1cccc2c(C(CC(=O)N3CCc4ccccc4C3)c3ccccc3)c[nH]c12. The predicted octanol–water partition coefficient (Wildman–Crippen LogP) is 5.84. The van der Waals surface area contributed by atoms with Crippen LogP contribution in [0.15, 0.2) is 79.0 Å². The van der Waals surface area contributed by atoms with Crippen molar-refractivity contribution >= 4 is 16.8 Å². The molecular weight excluding hydrogens is 380 g/mol. The zero-order valence-electron chi connectivity index (χ0n) is 18.0. The van der Waals surface area contributed by atoms with Gasteiger partial charge in [-0.3, -0.25) is 4.79 Å². The summed E-state index contributed by atoms with van der Waals surface area (Å²) in [6.45, 7) is 3.69. The Morgan fingerprint density at radius 2 is 1.74 bits per heavy atom. The summed E-state index contributed by atoms with van der Waals surface area (Å²) in [5, 5.41) is 1.23. The largest absolute Gasteiger partial charge is 0.361 e. The van der Waals surface area contributed by atoms with Gasteiger partial charge in [0.05, 0.1) is 0 Å². The van der Waals surface area contributed by atoms with Crippen LogP contribution in [0.1, 0.15) is 47.1 Å². The van der Waals surface area contributed by atoms with E-state index >= 15 is 0 Å². The van der Waals surface area contributed by atoms with Gasteiger partial charge < -0.3 is 9.88 Å². The van der Waals surface area contributed by atoms with Crippen LogP contribution in [0.2, 0.25) is 0 Å². The Bertz CT molecular complexity index is 1210. The highest BCUT2D eigenvalue weighted by atomic mass is 16.2. The van der Waals surface area contributed by atoms with Crippen molar-refractivity contribution in [1.29, 1.82) is 0 Å². The summed E-state index contributed by atoms with van der Waals surface area (Å²) < 4.78 is 0. The summed E-state index contributed by atoms with van der Waals surface area (Å²) in [7, 11) is 0. The van der Waals surface area contributed by atoms with Crippen molar-refractivity contribution in [3.63, 3.8) is 0 Å². The Labute approximate surface area is 183 Å². The number of amides is 1. The number of carbonyl (C=O) groups is 1. The molecule has 5 rings (SSSR count). The number of fused-ring (bicyclic) bond motifs is 2. The molecule has 0 aliphatic carbocycles. The molecule has 2 heterocycles. The molecule has 0 radical (unpaired) electrons. The maximum atomic E-state index is 13.5. The summed E-state index contributed by atoms with van der Waals surface area (Å²) in [5.74, 6) is 0.260. The number of aryl methyl sites for hydroxylation is 1. The number of aromatic nitrogens is 1. The van der Waals surface area contributed by atoms with Gasteiger partial charge in [0.25, 0.3) is 0 Å². The van der Waals surface area contributed by atoms with Crippen LogP contribution in [0.5, 0.6) is 0 Å². The summed E-state index contributed by atoms with van der Waals surface area (Å²) in [6.07, 6.45) is 4.51. The number of nitrogens with zero attached hydrogens (tertiary/aromatic N) is 1. The van der Waals surface area contributed by atoms with Gasteiger partial charge in [0.1, 0.15) is 0 Å². The summed E-state index contributed by atoms with van der Waals surface area (Å²) in [4.78, 5) is 19.0. The van der Waals surface area contributed by atoms with Crippen LogP contribution in [0.3, 0.4) is 0 Å². The second-order valence-electron chi connectivity index (χ2n) is 8.44. The molecule has 1 N–H and O–H groups in total. The van der Waals surface area contributed by atoms with Crippen LogP contribution in [0.25, 0.3) is 10.9 Å². The van der Waals surface area contributed by atoms with Crippen molar-refractivity contribution in [2.75, 3.05) is 6.54 Å². The minimum absolute atomic E-state index is 0.0340. The van der Waals surface area contributed by atoms with E-state index in [9.17, 15) is 4.79 Å². The third-order valence-corrected chi connectivity index (χ3v) is 6.65. The van der Waals surface area contributed by atoms with E-state index in [2.05, 4.69) is 84.8 Å². The highest BCUT2D eigenvalue weighted by molar-refractivity contribution is 5.88. The molecule has 0 saturated carbocycles. The number of benzene rings is 3. The van der Waals surface area contributed by atoms with Crippen molar-refractivity contribution in [1.82, 2.24) is 9.88 Å². The first kappa shape index (κ1) is 19.6. The summed E-state index contributed by atoms with van der Waals surface area (Å²) in [5.41, 5.74) is 7.56. The van der Waals surface area contributed by atoms with Crippen molar-refractivity contribution < 1.29 is 4.79 Å². The first-order valence-electron chi connectivity index (χ1n) is 11.2. The van der Waals surface area contributed by atoms with E-state index in [1.165, 1.54) is 38.7 Å². The molecule has 31 heavy (non-hydrogen) atoms. The number of hydrogen-bond acceptors (Lipinski definition) is 1. The number of carbonyl (C=O) groups excluding carboxylic acids is 1. The monoisotopic (exact) mass is 408 g/mol. The fourth-order valence-corrected chi connectivity index (χ4v) is 4.93. The molecule has 156 valence electrons. The zero-order valence-corrected chi connectivity index (χ0v) is 18.0. The summed E-state index contributed by atoms with van der Waals surface area (Å²) >= 11 is 0. The Balaban J connectivity index is 1.48. The highest BCUT2D eigenvalue weighted by Gasteiger charge is 2.26. The molecule has 3 aromatic carbocycles. The molecule has 3 nitrogen and oxygen atoms in total. The highest BCUT2D eigenvalue weighted by Crippen LogP contribution is 2.35. The van der Waals surface area contributed by atoms with Crippen molar-refractivity contribution in [2.24, 2.45) is 0 Å². The number of H-pyrrole nitrogens is 1. The molecule has 1 amide bonds. The predicted molar refractivity (Wildman–Crippen MR) is 126 cm³/mol. The lowest BCUT2D eigenvalue weighted by atomic mass is 9.87. The van der Waals surface area contributed by atoms with Crippen LogP contribution < -0.4 is 0 Å². The van der Waals surface area contributed by atoms with E-state index in [-0.39, 0.29) is 11.8 Å². The zero-order chi connectivity index (χ0) is 21.2. The standard InChI is InChI=1S/C28H28N2O/c1-2-20-13-8-14-24-26(18-29-28(20)24)25(22-10-4-3-5-11-22)17-27(31)30-16-15-21-9-6-7-12-23(21)19-30/h3-14,18,25,29H,2,15-17,19H2,1H3. The second kappa shape index (κ2) is 8.43. The molecule has 1 aliphatic heterocycles. The molecule has 0 saturated heterocycles. The average molecular weight is 409 g/mol. The molecule has 3 heteroatoms. The minimum Gasteiger partial charge on any atom is -0.361 e. The minimum atomic E-state index is 0.0340. The first-order valence-corrected chi connectivity index (χ1v) is 11.2. The van der Waals surface area contributed by atoms with Gasteiger partial charge in [0.2, 0.25) is 5.91 Å². The summed E-state index contributed by atoms with van der Waals surface area (Å²) in [6, 6.07) is 25.4. The first-order chi connectivity index (χ1) is 15.2. The van der Waals surface area contributed by atoms with E-state index < -0.39 is 0 Å². The topological polar surface area (TPSA) is 36.1 Å². The molecule has 1 atom stereocenters. The molecule has 0 fully saturated rings. The van der Waals surface area contributed by atoms with Gasteiger partial charge in [0, 0.05) is 42.5 Å². The number of aromatic amines is 1. The third-order valence-electron chi connectivity index (χ3n) is 6.65. The molecule has 0 spiro atoms. The Morgan fingerprint density at radius 3 is 2.55 bits per heavy atom. The maximum absolute atomic E-state index is 13.5. The van der Waals surface area contributed by atoms with Crippen molar-refractivity contribution in [3.8, 4) is 0 Å². The number of rotatable bonds is 5. The van der Waals surface area contributed by atoms with Crippen LogP contribution >= 0.6 is 0 Å². The smallest absolute Gasteiger partial charge is 0.223 e. The molecule has 4 aromatic rings. The number of hydrogen-bond donors (Lipinski definition) is 1. The van der Waals surface area contributed by atoms with Gasteiger partial charge >= 0.3 is 0 Å². The van der Waals surface area contributed by atoms with Crippen molar-refractivity contribution in [2.45, 2.75) is 38.6 Å². The molecule has 1 aromatic heterocycles. The molecular formula is C28H28N2O. The van der Waals surface area contributed by atoms with Crippen LogP contribution in [0, 0.1) is 0 Å². The molecule has 1 unspecified atom stereocenters. The fraction of sp³-hybridized carbons (Fsp3) is 0.250. The Hall–Kier alpha value is -3.33. The normalized spacial score (nSPS) is 14.4. The molecule has 0 bridgehead atoms. The number of nitrogens with one attached hydrogen (secondary N) is 1. The maximum Gasteiger partial charge on any atom is 0.223 e. The lowest BCUT2D eigenvalue weighted by Crippen LogP contribution is -2.36. The van der Waals surface area contributed by atoms with Gasteiger partial charge in [-0.15, -0.1) is 0 Å². The van der Waals surface area contributed by atoms with Crippen LogP contribution in [-0.4, -0.2) is 22.3 Å². The van der Waals surface area contributed by atoms with E-state index in [1.54, 1.807) is 0 Å². The van der Waals surface area contributed by atoms with E-state index in [0.29, 0.717) is 13.0 Å². The second-order valence-corrected chi connectivity index (χ2v) is 8.44. The van der Waals surface area contributed by atoms with Gasteiger partial charge in [0.15, 0.2) is 0 Å². The van der Waals surface area contributed by atoms with Crippen LogP contribution in [-0.2, 0) is 24.2 Å². The van der Waals surface area contributed by atoms with Gasteiger partial charge in [-0.05, 0) is 40.7 Å². The van der Waals surface area contributed by atoms with E-state index in [1.807, 2.05) is 11.0 Å². The van der Waals surface area contributed by atoms with E-state index in [4.69, 9.17) is 0 Å². The lowest BCUT2D eigenvalue weighted by molar-refractivity contribution is -0.132. The fourth-order valence-electron chi connectivity index (χ4n) is 4.93. The lowest BCUT2D eigenvalue weighted by Gasteiger charge is -2.30. The quantitative estimate of drug-likeness (QED) is 0.443. The van der Waals surface area contributed by atoms with Gasteiger partial charge in [-0.25, -0.2) is 0 Å². The van der Waals surface area contributed by atoms with Gasteiger partial charge in [-0.2, -0.15) is 0 Å². The Kier molecular flexibility index (Phi) is 5.33. The van der Waals surface area contributed by atoms with Crippen molar-refractivity contribution in [3.05, 3.63) is 107 Å². The van der Waals surface area contributed by atoms with Crippen LogP contribution in [0.4, 0.5) is 0 Å². The van der Waals surface area contributed by atoms with Gasteiger partial charge in [-0.1, -0.05) is 79.7 Å². The average Bonchev–Trinajstić information content (AvgIpc) is 3.26.